The Bertz CT molecular complexity index is 1180. The molecule has 3 rings (SSSR count). The Kier molecular flexibility index (Phi) is 12.5. The average Bonchev–Trinajstić information content (AvgIpc) is 3.34. The maximum absolute atomic E-state index is 16.3. The lowest BCUT2D eigenvalue weighted by Crippen LogP contribution is -2.51. The molecular weight excluding hydrogens is 517 g/mol. The Morgan fingerprint density at radius 3 is 1.78 bits per heavy atom. The van der Waals surface area contributed by atoms with Gasteiger partial charge in [0.15, 0.2) is 5.70 Å². The topological polar surface area (TPSA) is 34.2 Å². The number of allylic oxidation sites excluding steroid dienone is 3. The van der Waals surface area contributed by atoms with Gasteiger partial charge in [0.25, 0.3) is 0 Å². The van der Waals surface area contributed by atoms with Crippen molar-refractivity contribution in [1.29, 1.82) is 0 Å². The fraction of sp³-hybridized carbons (Fsp3) is 0.706. The number of unbranched alkanes of at least 4 members (excludes halogenated alkanes) is 12. The largest absolute Gasteiger partial charge is 0.737 e. The molecule has 0 unspecified atom stereocenters. The second-order valence-corrected chi connectivity index (χ2v) is 12.3. The van der Waals surface area contributed by atoms with Gasteiger partial charge in [0.05, 0.1) is 6.61 Å². The number of nitrogens with zero attached hydrogens (tertiary/aromatic N) is 2. The van der Waals surface area contributed by atoms with Crippen LogP contribution in [0.25, 0.3) is 5.57 Å². The molecule has 0 aromatic carbocycles. The summed E-state index contributed by atoms with van der Waals surface area (Å²) in [6, 6.07) is 0. The molecule has 1 aromatic heterocycles. The van der Waals surface area contributed by atoms with Gasteiger partial charge in [-0.3, -0.25) is 4.79 Å². The zero-order valence-corrected chi connectivity index (χ0v) is 27.1. The zero-order valence-electron chi connectivity index (χ0n) is 27.1. The van der Waals surface area contributed by atoms with Gasteiger partial charge in [-0.15, -0.1) is 0 Å². The Hall–Kier alpha value is -2.18. The molecule has 1 aromatic rings. The molecule has 0 amide bonds. The highest BCUT2D eigenvalue weighted by molar-refractivity contribution is 6.58. The number of rotatable bonds is 18. The molecule has 0 N–H and O–H groups in total. The number of fused-ring (bicyclic) bond motifs is 2. The van der Waals surface area contributed by atoms with Crippen LogP contribution in [0, 0.1) is 13.8 Å². The van der Waals surface area contributed by atoms with Crippen molar-refractivity contribution < 1.29 is 22.6 Å². The van der Waals surface area contributed by atoms with Gasteiger partial charge in [-0.25, -0.2) is 0 Å². The first-order valence-electron chi connectivity index (χ1n) is 16.5. The molecule has 0 fully saturated rings. The van der Waals surface area contributed by atoms with Crippen molar-refractivity contribution in [2.75, 3.05) is 6.61 Å². The van der Waals surface area contributed by atoms with Crippen molar-refractivity contribution in [3.05, 3.63) is 39.4 Å². The van der Waals surface area contributed by atoms with Crippen molar-refractivity contribution in [2.45, 2.75) is 151 Å². The molecule has 2 aliphatic rings. The third kappa shape index (κ3) is 7.43. The number of esters is 1. The van der Waals surface area contributed by atoms with Crippen LogP contribution in [0.3, 0.4) is 0 Å². The highest BCUT2D eigenvalue weighted by Gasteiger charge is 2.56. The lowest BCUT2D eigenvalue weighted by molar-refractivity contribution is -0.364. The number of carbonyl (C=O) groups is 1. The van der Waals surface area contributed by atoms with E-state index in [1.807, 2.05) is 13.8 Å². The number of hydrogen-bond acceptors (Lipinski definition) is 2. The number of carbonyl (C=O) groups excluding carboxylic acids is 1. The van der Waals surface area contributed by atoms with Crippen LogP contribution < -0.4 is 0 Å². The van der Waals surface area contributed by atoms with E-state index in [1.165, 1.54) is 73.7 Å². The van der Waals surface area contributed by atoms with Crippen LogP contribution in [0.2, 0.25) is 0 Å². The molecule has 0 radical (unpaired) electrons. The van der Waals surface area contributed by atoms with Gasteiger partial charge >= 0.3 is 12.9 Å². The van der Waals surface area contributed by atoms with Crippen LogP contribution in [0.4, 0.5) is 8.63 Å². The van der Waals surface area contributed by atoms with Gasteiger partial charge in [0.2, 0.25) is 0 Å². The minimum Gasteiger partial charge on any atom is -0.466 e. The number of ether oxygens (including phenoxy) is 1. The van der Waals surface area contributed by atoms with Gasteiger partial charge in [-0.2, -0.15) is 0 Å². The second-order valence-electron chi connectivity index (χ2n) is 12.3. The van der Waals surface area contributed by atoms with E-state index in [-0.39, 0.29) is 5.97 Å². The zero-order chi connectivity index (χ0) is 30.2. The van der Waals surface area contributed by atoms with Gasteiger partial charge in [-0.1, -0.05) is 84.5 Å². The fourth-order valence-corrected chi connectivity index (χ4v) is 7.41. The smallest absolute Gasteiger partial charge is 0.466 e. The first-order chi connectivity index (χ1) is 19.6. The molecular formula is C34H55BF2N2O2. The van der Waals surface area contributed by atoms with E-state index < -0.39 is 6.97 Å². The second kappa shape index (κ2) is 15.3. The first kappa shape index (κ1) is 33.3. The molecule has 3 heterocycles. The van der Waals surface area contributed by atoms with E-state index >= 15 is 8.63 Å². The number of aromatic nitrogens is 1. The molecule has 2 aliphatic heterocycles. The molecule has 0 saturated heterocycles. The minimum atomic E-state index is -3.91. The van der Waals surface area contributed by atoms with E-state index in [1.54, 1.807) is 0 Å². The monoisotopic (exact) mass is 572 g/mol. The summed E-state index contributed by atoms with van der Waals surface area (Å²) < 4.78 is 40.3. The molecule has 0 spiro atoms. The summed E-state index contributed by atoms with van der Waals surface area (Å²) in [4.78, 5) is 10.8. The molecule has 0 saturated carbocycles. The lowest BCUT2D eigenvalue weighted by atomic mass is 9.84. The summed E-state index contributed by atoms with van der Waals surface area (Å²) in [6.45, 7) is 10.1. The number of halogens is 2. The Labute approximate surface area is 248 Å². The molecule has 0 bridgehead atoms. The Morgan fingerprint density at radius 2 is 1.29 bits per heavy atom. The number of hydrogen-bond donors (Lipinski definition) is 0. The average molecular weight is 573 g/mol. The molecule has 41 heavy (non-hydrogen) atoms. The van der Waals surface area contributed by atoms with E-state index in [2.05, 4.69) is 27.7 Å². The fourth-order valence-electron chi connectivity index (χ4n) is 7.41. The van der Waals surface area contributed by atoms with E-state index in [0.29, 0.717) is 6.61 Å². The quantitative estimate of drug-likeness (QED) is 0.0997. The lowest BCUT2D eigenvalue weighted by Gasteiger charge is -2.34. The molecule has 230 valence electrons. The van der Waals surface area contributed by atoms with E-state index in [4.69, 9.17) is 4.74 Å². The van der Waals surface area contributed by atoms with Crippen LogP contribution in [0.1, 0.15) is 153 Å². The summed E-state index contributed by atoms with van der Waals surface area (Å²) in [5, 5.41) is 0. The first-order valence-corrected chi connectivity index (χ1v) is 16.5. The SMILES string of the molecule is CCC1=C(C)C2=C(CCCCCCCCCCCCCCCOC(C)=O)c3c(C)c(CC)c(C)n3[B-](F)(F)[N+]2=C1C. The van der Waals surface area contributed by atoms with Crippen molar-refractivity contribution >= 4 is 24.2 Å². The third-order valence-electron chi connectivity index (χ3n) is 9.47. The molecule has 4 nitrogen and oxygen atoms in total. The Balaban J connectivity index is 1.49. The summed E-state index contributed by atoms with van der Waals surface area (Å²) in [5.74, 6) is -0.182. The molecule has 7 heteroatoms. The van der Waals surface area contributed by atoms with Crippen LogP contribution in [-0.4, -0.2) is 34.2 Å². The maximum atomic E-state index is 16.3. The summed E-state index contributed by atoms with van der Waals surface area (Å²) >= 11 is 0. The Morgan fingerprint density at radius 1 is 0.780 bits per heavy atom. The normalized spacial score (nSPS) is 16.1. The molecule has 0 atom stereocenters. The van der Waals surface area contributed by atoms with Crippen molar-refractivity contribution in [3.8, 4) is 0 Å². The van der Waals surface area contributed by atoms with Gasteiger partial charge in [-0.05, 0) is 69.7 Å². The minimum absolute atomic E-state index is 0.182. The highest BCUT2D eigenvalue weighted by atomic mass is 19.2. The van der Waals surface area contributed by atoms with Crippen molar-refractivity contribution in [3.63, 3.8) is 0 Å². The molecule has 0 aliphatic carbocycles. The van der Waals surface area contributed by atoms with Crippen LogP contribution in [0.15, 0.2) is 16.8 Å². The van der Waals surface area contributed by atoms with Crippen molar-refractivity contribution in [2.24, 2.45) is 0 Å². The summed E-state index contributed by atoms with van der Waals surface area (Å²) in [6.07, 6.45) is 18.2. The maximum Gasteiger partial charge on any atom is 0.737 e. The summed E-state index contributed by atoms with van der Waals surface area (Å²) in [7, 11) is 0. The van der Waals surface area contributed by atoms with Crippen LogP contribution in [-0.2, 0) is 16.0 Å². The van der Waals surface area contributed by atoms with Crippen LogP contribution in [0.5, 0.6) is 0 Å². The van der Waals surface area contributed by atoms with E-state index in [9.17, 15) is 4.79 Å². The van der Waals surface area contributed by atoms with Crippen LogP contribution >= 0.6 is 0 Å². The highest BCUT2D eigenvalue weighted by Crippen LogP contribution is 2.46. The van der Waals surface area contributed by atoms with Gasteiger partial charge in [0, 0.05) is 36.3 Å². The standard InChI is InChI=1S/C34H55BF2N2O2/c1-8-30-25(3)33-32(34-26(4)31(9-2)28(6)39(34)35(36,37)38(33)27(30)5)23-21-19-17-15-13-11-10-12-14-16-18-20-22-24-41-29(7)40/h8-24H2,1-7H3. The predicted molar refractivity (Wildman–Crippen MR) is 169 cm³/mol. The predicted octanol–water partition coefficient (Wildman–Crippen LogP) is 9.85. The summed E-state index contributed by atoms with van der Waals surface area (Å²) in [5.41, 5.74) is 8.44. The van der Waals surface area contributed by atoms with E-state index in [0.717, 1.165) is 95.6 Å². The van der Waals surface area contributed by atoms with Crippen molar-refractivity contribution in [1.82, 2.24) is 4.48 Å². The van der Waals surface area contributed by atoms with Gasteiger partial charge in [0.1, 0.15) is 5.71 Å². The third-order valence-corrected chi connectivity index (χ3v) is 9.47. The van der Waals surface area contributed by atoms with Gasteiger partial charge < -0.3 is 22.3 Å².